The molecule has 17 heavy (non-hydrogen) atoms. The lowest BCUT2D eigenvalue weighted by Crippen LogP contribution is -2.24. The second kappa shape index (κ2) is 6.59. The number of benzene rings is 1. The maximum absolute atomic E-state index is 11.8. The van der Waals surface area contributed by atoms with Gasteiger partial charge >= 0.3 is 0 Å². The highest BCUT2D eigenvalue weighted by Gasteiger charge is 2.07. The van der Waals surface area contributed by atoms with Crippen molar-refractivity contribution in [3.8, 4) is 18.1 Å². The monoisotopic (exact) mass is 231 g/mol. The summed E-state index contributed by atoms with van der Waals surface area (Å²) in [6.07, 6.45) is 6.61. The zero-order valence-electron chi connectivity index (χ0n) is 10.2. The Morgan fingerprint density at radius 2 is 2.29 bits per heavy atom. The largest absolute Gasteiger partial charge is 0.496 e. The van der Waals surface area contributed by atoms with Gasteiger partial charge in [-0.15, -0.1) is 12.3 Å². The summed E-state index contributed by atoms with van der Waals surface area (Å²) in [7, 11) is 1.59. The fourth-order valence-corrected chi connectivity index (χ4v) is 1.46. The Labute approximate surface area is 102 Å². The fourth-order valence-electron chi connectivity index (χ4n) is 1.46. The standard InChI is InChI=1S/C14H17NO2/c1-4-5-6-9-15-14(16)12-8-7-11(2)13(10-12)17-3/h1,7-8,10H,5-6,9H2,2-3H3,(H,15,16). The molecule has 0 heterocycles. The number of aryl methyl sites for hydroxylation is 1. The third-order valence-corrected chi connectivity index (χ3v) is 2.45. The lowest BCUT2D eigenvalue weighted by atomic mass is 10.1. The molecule has 0 bridgehead atoms. The maximum Gasteiger partial charge on any atom is 0.251 e. The topological polar surface area (TPSA) is 38.3 Å². The second-order valence-electron chi connectivity index (χ2n) is 3.75. The van der Waals surface area contributed by atoms with Crippen LogP contribution in [0.15, 0.2) is 18.2 Å². The van der Waals surface area contributed by atoms with E-state index in [0.29, 0.717) is 18.5 Å². The number of nitrogens with one attached hydrogen (secondary N) is 1. The Bertz CT molecular complexity index is 432. The van der Waals surface area contributed by atoms with Gasteiger partial charge in [0.05, 0.1) is 7.11 Å². The van der Waals surface area contributed by atoms with Crippen LogP contribution in [-0.4, -0.2) is 19.6 Å². The number of terminal acetylenes is 1. The van der Waals surface area contributed by atoms with Crippen LogP contribution in [0.4, 0.5) is 0 Å². The van der Waals surface area contributed by atoms with Crippen LogP contribution in [0.25, 0.3) is 0 Å². The highest BCUT2D eigenvalue weighted by molar-refractivity contribution is 5.94. The SMILES string of the molecule is C#CCCCNC(=O)c1ccc(C)c(OC)c1. The summed E-state index contributed by atoms with van der Waals surface area (Å²) >= 11 is 0. The molecule has 1 aromatic carbocycles. The fraction of sp³-hybridized carbons (Fsp3) is 0.357. The van der Waals surface area contributed by atoms with Crippen molar-refractivity contribution in [3.63, 3.8) is 0 Å². The van der Waals surface area contributed by atoms with E-state index in [1.165, 1.54) is 0 Å². The molecule has 90 valence electrons. The van der Waals surface area contributed by atoms with Gasteiger partial charge < -0.3 is 10.1 Å². The molecule has 1 rings (SSSR count). The quantitative estimate of drug-likeness (QED) is 0.623. The molecular weight excluding hydrogens is 214 g/mol. The van der Waals surface area contributed by atoms with Crippen LogP contribution in [0.2, 0.25) is 0 Å². The van der Waals surface area contributed by atoms with Crippen LogP contribution in [0.5, 0.6) is 5.75 Å². The lowest BCUT2D eigenvalue weighted by Gasteiger charge is -2.08. The Hall–Kier alpha value is -1.95. The summed E-state index contributed by atoms with van der Waals surface area (Å²) in [6.45, 7) is 2.53. The number of hydrogen-bond acceptors (Lipinski definition) is 2. The van der Waals surface area contributed by atoms with Crippen molar-refractivity contribution in [3.05, 3.63) is 29.3 Å². The molecule has 0 aliphatic rings. The van der Waals surface area contributed by atoms with E-state index in [9.17, 15) is 4.79 Å². The average molecular weight is 231 g/mol. The summed E-state index contributed by atoms with van der Waals surface area (Å²) in [5, 5.41) is 2.81. The van der Waals surface area contributed by atoms with Gasteiger partial charge in [0.25, 0.3) is 5.91 Å². The molecule has 0 radical (unpaired) electrons. The van der Waals surface area contributed by atoms with Crippen molar-refractivity contribution in [1.82, 2.24) is 5.32 Å². The van der Waals surface area contributed by atoms with E-state index in [0.717, 1.165) is 17.7 Å². The van der Waals surface area contributed by atoms with Crippen LogP contribution in [0.1, 0.15) is 28.8 Å². The first-order valence-electron chi connectivity index (χ1n) is 5.55. The Kier molecular flexibility index (Phi) is 5.09. The van der Waals surface area contributed by atoms with Crippen LogP contribution in [-0.2, 0) is 0 Å². The number of amides is 1. The number of hydrogen-bond donors (Lipinski definition) is 1. The van der Waals surface area contributed by atoms with E-state index in [-0.39, 0.29) is 5.91 Å². The van der Waals surface area contributed by atoms with Crippen molar-refractivity contribution in [2.75, 3.05) is 13.7 Å². The number of rotatable bonds is 5. The van der Waals surface area contributed by atoms with Gasteiger partial charge in [0.1, 0.15) is 5.75 Å². The summed E-state index contributed by atoms with van der Waals surface area (Å²) in [6, 6.07) is 5.40. The highest BCUT2D eigenvalue weighted by atomic mass is 16.5. The summed E-state index contributed by atoms with van der Waals surface area (Å²) in [5.74, 6) is 3.16. The Morgan fingerprint density at radius 3 is 2.94 bits per heavy atom. The molecule has 3 nitrogen and oxygen atoms in total. The molecule has 0 aliphatic carbocycles. The second-order valence-corrected chi connectivity index (χ2v) is 3.75. The van der Waals surface area contributed by atoms with Crippen molar-refractivity contribution in [2.24, 2.45) is 0 Å². The van der Waals surface area contributed by atoms with E-state index < -0.39 is 0 Å². The third-order valence-electron chi connectivity index (χ3n) is 2.45. The first kappa shape index (κ1) is 13.1. The van der Waals surface area contributed by atoms with Crippen LogP contribution in [0.3, 0.4) is 0 Å². The van der Waals surface area contributed by atoms with Crippen molar-refractivity contribution < 1.29 is 9.53 Å². The first-order chi connectivity index (χ1) is 8.19. The summed E-state index contributed by atoms with van der Waals surface area (Å²) in [5.41, 5.74) is 1.62. The predicted octanol–water partition coefficient (Wildman–Crippen LogP) is 2.15. The Balaban J connectivity index is 2.60. The van der Waals surface area contributed by atoms with Gasteiger partial charge in [0, 0.05) is 18.5 Å². The van der Waals surface area contributed by atoms with Crippen LogP contribution >= 0.6 is 0 Å². The van der Waals surface area contributed by atoms with Crippen LogP contribution in [0, 0.1) is 19.3 Å². The molecule has 1 N–H and O–H groups in total. The first-order valence-corrected chi connectivity index (χ1v) is 5.55. The van der Waals surface area contributed by atoms with Gasteiger partial charge in [-0.25, -0.2) is 0 Å². The molecule has 0 aromatic heterocycles. The van der Waals surface area contributed by atoms with Gasteiger partial charge in [-0.1, -0.05) is 6.07 Å². The zero-order chi connectivity index (χ0) is 12.7. The average Bonchev–Trinajstić information content (AvgIpc) is 2.35. The number of carbonyl (C=O) groups excluding carboxylic acids is 1. The molecule has 0 spiro atoms. The van der Waals surface area contributed by atoms with Crippen molar-refractivity contribution in [1.29, 1.82) is 0 Å². The molecule has 0 unspecified atom stereocenters. The van der Waals surface area contributed by atoms with Gasteiger partial charge in [-0.3, -0.25) is 4.79 Å². The minimum Gasteiger partial charge on any atom is -0.496 e. The zero-order valence-corrected chi connectivity index (χ0v) is 10.2. The van der Waals surface area contributed by atoms with Crippen molar-refractivity contribution in [2.45, 2.75) is 19.8 Å². The predicted molar refractivity (Wildman–Crippen MR) is 68.1 cm³/mol. The highest BCUT2D eigenvalue weighted by Crippen LogP contribution is 2.18. The minimum atomic E-state index is -0.0969. The van der Waals surface area contributed by atoms with Gasteiger partial charge in [-0.2, -0.15) is 0 Å². The van der Waals surface area contributed by atoms with Gasteiger partial charge in [0.2, 0.25) is 0 Å². The van der Waals surface area contributed by atoms with Gasteiger partial charge in [-0.05, 0) is 31.0 Å². The number of ether oxygens (including phenoxy) is 1. The number of unbranched alkanes of at least 4 members (excludes halogenated alkanes) is 1. The van der Waals surface area contributed by atoms with Crippen molar-refractivity contribution >= 4 is 5.91 Å². The number of methoxy groups -OCH3 is 1. The molecule has 0 saturated carbocycles. The summed E-state index contributed by atoms with van der Waals surface area (Å²) in [4.78, 5) is 11.8. The van der Waals surface area contributed by atoms with E-state index in [4.69, 9.17) is 11.2 Å². The third kappa shape index (κ3) is 3.84. The molecule has 1 amide bonds. The van der Waals surface area contributed by atoms with E-state index in [1.54, 1.807) is 19.2 Å². The lowest BCUT2D eigenvalue weighted by molar-refractivity contribution is 0.0953. The smallest absolute Gasteiger partial charge is 0.251 e. The molecule has 0 saturated heterocycles. The van der Waals surface area contributed by atoms with Gasteiger partial charge in [0.15, 0.2) is 0 Å². The maximum atomic E-state index is 11.8. The molecular formula is C14H17NO2. The molecule has 0 aliphatic heterocycles. The minimum absolute atomic E-state index is 0.0969. The molecule has 0 atom stereocenters. The normalized spacial score (nSPS) is 9.47. The number of carbonyl (C=O) groups is 1. The molecule has 1 aromatic rings. The van der Waals surface area contributed by atoms with Crippen LogP contribution < -0.4 is 10.1 Å². The molecule has 0 fully saturated rings. The summed E-state index contributed by atoms with van der Waals surface area (Å²) < 4.78 is 5.17. The van der Waals surface area contributed by atoms with E-state index in [1.807, 2.05) is 13.0 Å². The van der Waals surface area contributed by atoms with E-state index in [2.05, 4.69) is 11.2 Å². The van der Waals surface area contributed by atoms with E-state index >= 15 is 0 Å². The Morgan fingerprint density at radius 1 is 1.53 bits per heavy atom. The molecule has 3 heteroatoms.